The zero-order valence-corrected chi connectivity index (χ0v) is 9.73. The summed E-state index contributed by atoms with van der Waals surface area (Å²) in [5, 5.41) is 11.2. The molecule has 0 bridgehead atoms. The van der Waals surface area contributed by atoms with Crippen LogP contribution in [-0.4, -0.2) is 42.8 Å². The van der Waals surface area contributed by atoms with Crippen LogP contribution in [0.4, 0.5) is 0 Å². The van der Waals surface area contributed by atoms with Crippen LogP contribution in [0.1, 0.15) is 26.2 Å². The van der Waals surface area contributed by atoms with E-state index in [0.29, 0.717) is 25.9 Å². The van der Waals surface area contributed by atoms with Crippen molar-refractivity contribution in [2.45, 2.75) is 38.3 Å². The monoisotopic (exact) mass is 232 g/mol. The number of nitrogens with one attached hydrogen (secondary N) is 1. The van der Waals surface area contributed by atoms with Gasteiger partial charge in [0.1, 0.15) is 6.04 Å². The highest BCUT2D eigenvalue weighted by Gasteiger charge is 2.21. The highest BCUT2D eigenvalue weighted by Crippen LogP contribution is 1.98. The molecule has 0 aromatic carbocycles. The molecule has 0 aromatic rings. The number of hydrogen-bond acceptors (Lipinski definition) is 4. The summed E-state index contributed by atoms with van der Waals surface area (Å²) in [7, 11) is 1.52. The number of carbonyl (C=O) groups is 2. The van der Waals surface area contributed by atoms with E-state index in [1.165, 1.54) is 7.11 Å². The molecule has 1 amide bonds. The molecule has 94 valence electrons. The Labute approximate surface area is 95.1 Å². The van der Waals surface area contributed by atoms with Crippen LogP contribution < -0.4 is 11.1 Å². The Bertz CT molecular complexity index is 233. The molecule has 0 spiro atoms. The maximum Gasteiger partial charge on any atom is 0.326 e. The number of carboxylic acids is 1. The number of aliphatic carboxylic acids is 1. The van der Waals surface area contributed by atoms with Crippen LogP contribution >= 0.6 is 0 Å². The number of nitrogens with two attached hydrogens (primary N) is 1. The molecular formula is C10H20N2O4. The zero-order valence-electron chi connectivity index (χ0n) is 9.73. The third-order valence-corrected chi connectivity index (χ3v) is 2.16. The summed E-state index contributed by atoms with van der Waals surface area (Å²) in [5.74, 6) is -1.48. The Balaban J connectivity index is 4.12. The number of methoxy groups -OCH3 is 1. The molecule has 0 fully saturated rings. The van der Waals surface area contributed by atoms with Crippen molar-refractivity contribution in [1.29, 1.82) is 0 Å². The Morgan fingerprint density at radius 2 is 2.06 bits per heavy atom. The molecule has 6 nitrogen and oxygen atoms in total. The van der Waals surface area contributed by atoms with Gasteiger partial charge in [0.05, 0.1) is 6.04 Å². The molecule has 2 unspecified atom stereocenters. The van der Waals surface area contributed by atoms with Gasteiger partial charge < -0.3 is 20.9 Å². The summed E-state index contributed by atoms with van der Waals surface area (Å²) >= 11 is 0. The van der Waals surface area contributed by atoms with Crippen molar-refractivity contribution in [3.05, 3.63) is 0 Å². The number of carbonyl (C=O) groups excluding carboxylic acids is 1. The molecule has 0 radical (unpaired) electrons. The first-order valence-corrected chi connectivity index (χ1v) is 5.30. The first-order chi connectivity index (χ1) is 7.52. The highest BCUT2D eigenvalue weighted by molar-refractivity contribution is 5.86. The minimum atomic E-state index is -1.03. The molecular weight excluding hydrogens is 212 g/mol. The van der Waals surface area contributed by atoms with E-state index in [1.54, 1.807) is 0 Å². The number of carboxylic acid groups (broad SMARTS) is 1. The third kappa shape index (κ3) is 5.67. The fraction of sp³-hybridized carbons (Fsp3) is 0.800. The largest absolute Gasteiger partial charge is 0.480 e. The standard InChI is InChI=1S/C10H20N2O4/c1-3-4-8(10(14)15)12-9(13)7(11)5-6-16-2/h7-8H,3-6,11H2,1-2H3,(H,12,13)(H,14,15). The van der Waals surface area contributed by atoms with Gasteiger partial charge in [0, 0.05) is 13.7 Å². The maximum absolute atomic E-state index is 11.5. The van der Waals surface area contributed by atoms with E-state index >= 15 is 0 Å². The normalized spacial score (nSPS) is 14.2. The van der Waals surface area contributed by atoms with Crippen molar-refractivity contribution in [2.75, 3.05) is 13.7 Å². The predicted molar refractivity (Wildman–Crippen MR) is 58.9 cm³/mol. The van der Waals surface area contributed by atoms with Gasteiger partial charge in [-0.25, -0.2) is 4.79 Å². The highest BCUT2D eigenvalue weighted by atomic mass is 16.5. The smallest absolute Gasteiger partial charge is 0.326 e. The van der Waals surface area contributed by atoms with Gasteiger partial charge in [-0.15, -0.1) is 0 Å². The Morgan fingerprint density at radius 3 is 2.50 bits per heavy atom. The summed E-state index contributed by atoms with van der Waals surface area (Å²) in [6.07, 6.45) is 1.46. The SMILES string of the molecule is CCCC(NC(=O)C(N)CCOC)C(=O)O. The summed E-state index contributed by atoms with van der Waals surface area (Å²) in [6, 6.07) is -1.58. The summed E-state index contributed by atoms with van der Waals surface area (Å²) < 4.78 is 4.79. The lowest BCUT2D eigenvalue weighted by molar-refractivity contribution is -0.142. The lowest BCUT2D eigenvalue weighted by atomic mass is 10.1. The fourth-order valence-electron chi connectivity index (χ4n) is 1.20. The Morgan fingerprint density at radius 1 is 1.44 bits per heavy atom. The van der Waals surface area contributed by atoms with Crippen molar-refractivity contribution in [1.82, 2.24) is 5.32 Å². The van der Waals surface area contributed by atoms with Gasteiger partial charge in [0.15, 0.2) is 0 Å². The van der Waals surface area contributed by atoms with Crippen molar-refractivity contribution in [3.8, 4) is 0 Å². The van der Waals surface area contributed by atoms with Gasteiger partial charge in [0.25, 0.3) is 0 Å². The summed E-state index contributed by atoms with van der Waals surface area (Å²) in [4.78, 5) is 22.3. The Hall–Kier alpha value is -1.14. The van der Waals surface area contributed by atoms with Crippen molar-refractivity contribution < 1.29 is 19.4 Å². The van der Waals surface area contributed by atoms with Gasteiger partial charge in [-0.05, 0) is 12.8 Å². The first kappa shape index (κ1) is 14.9. The number of amides is 1. The quantitative estimate of drug-likeness (QED) is 0.534. The predicted octanol–water partition coefficient (Wildman–Crippen LogP) is -0.280. The van der Waals surface area contributed by atoms with Crippen LogP contribution in [0.5, 0.6) is 0 Å². The summed E-state index contributed by atoms with van der Waals surface area (Å²) in [5.41, 5.74) is 5.56. The Kier molecular flexibility index (Phi) is 7.49. The van der Waals surface area contributed by atoms with Crippen molar-refractivity contribution in [3.63, 3.8) is 0 Å². The van der Waals surface area contributed by atoms with Crippen LogP contribution in [-0.2, 0) is 14.3 Å². The molecule has 0 saturated heterocycles. The summed E-state index contributed by atoms with van der Waals surface area (Å²) in [6.45, 7) is 2.23. The molecule has 16 heavy (non-hydrogen) atoms. The van der Waals surface area contributed by atoms with E-state index in [-0.39, 0.29) is 0 Å². The van der Waals surface area contributed by atoms with Gasteiger partial charge >= 0.3 is 5.97 Å². The van der Waals surface area contributed by atoms with Crippen LogP contribution in [0.25, 0.3) is 0 Å². The van der Waals surface area contributed by atoms with Gasteiger partial charge in [-0.1, -0.05) is 13.3 Å². The van der Waals surface area contributed by atoms with E-state index in [2.05, 4.69) is 5.32 Å². The van der Waals surface area contributed by atoms with Crippen LogP contribution in [0.2, 0.25) is 0 Å². The van der Waals surface area contributed by atoms with Crippen molar-refractivity contribution >= 4 is 11.9 Å². The first-order valence-electron chi connectivity index (χ1n) is 5.30. The lowest BCUT2D eigenvalue weighted by Crippen LogP contribution is -2.48. The van der Waals surface area contributed by atoms with Crippen molar-refractivity contribution in [2.24, 2.45) is 5.73 Å². The molecule has 2 atom stereocenters. The fourth-order valence-corrected chi connectivity index (χ4v) is 1.20. The average molecular weight is 232 g/mol. The molecule has 6 heteroatoms. The average Bonchev–Trinajstić information content (AvgIpc) is 2.24. The molecule has 0 aliphatic heterocycles. The third-order valence-electron chi connectivity index (χ3n) is 2.16. The van der Waals surface area contributed by atoms with Crippen LogP contribution in [0.15, 0.2) is 0 Å². The van der Waals surface area contributed by atoms with Crippen LogP contribution in [0, 0.1) is 0 Å². The number of rotatable bonds is 8. The van der Waals surface area contributed by atoms with E-state index in [4.69, 9.17) is 15.6 Å². The van der Waals surface area contributed by atoms with E-state index in [1.807, 2.05) is 6.92 Å². The number of ether oxygens (including phenoxy) is 1. The van der Waals surface area contributed by atoms with Gasteiger partial charge in [-0.2, -0.15) is 0 Å². The topological polar surface area (TPSA) is 102 Å². The maximum atomic E-state index is 11.5. The molecule has 0 rings (SSSR count). The van der Waals surface area contributed by atoms with Crippen LogP contribution in [0.3, 0.4) is 0 Å². The molecule has 0 aliphatic rings. The molecule has 4 N–H and O–H groups in total. The molecule has 0 aromatic heterocycles. The second-order valence-corrected chi connectivity index (χ2v) is 3.58. The minimum absolute atomic E-state index is 0.375. The minimum Gasteiger partial charge on any atom is -0.480 e. The molecule has 0 aliphatic carbocycles. The van der Waals surface area contributed by atoms with E-state index < -0.39 is 24.0 Å². The van der Waals surface area contributed by atoms with E-state index in [9.17, 15) is 9.59 Å². The zero-order chi connectivity index (χ0) is 12.6. The molecule has 0 saturated carbocycles. The second kappa shape index (κ2) is 8.06. The van der Waals surface area contributed by atoms with Gasteiger partial charge in [0.2, 0.25) is 5.91 Å². The number of hydrogen-bond donors (Lipinski definition) is 3. The lowest BCUT2D eigenvalue weighted by Gasteiger charge is -2.16. The molecule has 0 heterocycles. The second-order valence-electron chi connectivity index (χ2n) is 3.58. The van der Waals surface area contributed by atoms with Gasteiger partial charge in [-0.3, -0.25) is 4.79 Å². The van der Waals surface area contributed by atoms with E-state index in [0.717, 1.165) is 0 Å².